The number of hydrogen-bond donors (Lipinski definition) is 1. The maximum atomic E-state index is 11.8. The molecule has 0 radical (unpaired) electrons. The molecular weight excluding hydrogens is 252 g/mol. The Morgan fingerprint density at radius 2 is 1.89 bits per heavy atom. The van der Waals surface area contributed by atoms with Gasteiger partial charge in [-0.2, -0.15) is 0 Å². The van der Waals surface area contributed by atoms with E-state index in [0.29, 0.717) is 12.4 Å². The van der Waals surface area contributed by atoms with Gasteiger partial charge in [0, 0.05) is 6.07 Å². The van der Waals surface area contributed by atoms with E-state index in [1.165, 1.54) is 6.07 Å². The average Bonchev–Trinajstić information content (AvgIpc) is 2.34. The molecule has 0 fully saturated rings. The lowest BCUT2D eigenvalue weighted by Crippen LogP contribution is -2.23. The molecule has 1 aromatic carbocycles. The van der Waals surface area contributed by atoms with Gasteiger partial charge in [0.1, 0.15) is 11.0 Å². The normalized spacial score (nSPS) is 10.6. The van der Waals surface area contributed by atoms with Crippen molar-refractivity contribution in [3.8, 4) is 0 Å². The van der Waals surface area contributed by atoms with Crippen LogP contribution in [0.3, 0.4) is 0 Å². The zero-order chi connectivity index (χ0) is 13.1. The van der Waals surface area contributed by atoms with Crippen molar-refractivity contribution in [3.63, 3.8) is 0 Å². The molecule has 94 valence electrons. The smallest absolute Gasteiger partial charge is 0.255 e. The summed E-state index contributed by atoms with van der Waals surface area (Å²) in [5, 5.41) is 9.17. The Bertz CT molecular complexity index is 605. The summed E-state index contributed by atoms with van der Waals surface area (Å²) in [7, 11) is 0. The largest absolute Gasteiger partial charge is 0.392 e. The maximum absolute atomic E-state index is 11.8. The fourth-order valence-corrected chi connectivity index (χ4v) is 1.93. The summed E-state index contributed by atoms with van der Waals surface area (Å²) in [6.45, 7) is 2.21. The summed E-state index contributed by atoms with van der Waals surface area (Å²) in [6, 6.07) is 8.73. The molecule has 2 rings (SSSR count). The Morgan fingerprint density at radius 3 is 2.44 bits per heavy atom. The number of rotatable bonds is 3. The van der Waals surface area contributed by atoms with Crippen molar-refractivity contribution < 1.29 is 5.11 Å². The summed E-state index contributed by atoms with van der Waals surface area (Å²) >= 11 is 5.71. The molecule has 0 atom stereocenters. The first-order chi connectivity index (χ1) is 8.60. The van der Waals surface area contributed by atoms with Crippen molar-refractivity contribution in [2.75, 3.05) is 0 Å². The molecule has 0 saturated carbocycles. The SMILES string of the molecule is Cc1nc(Cl)cc(=O)n1Cc1ccc(CO)cc1. The first-order valence-corrected chi connectivity index (χ1v) is 5.90. The van der Waals surface area contributed by atoms with Crippen molar-refractivity contribution in [2.45, 2.75) is 20.1 Å². The van der Waals surface area contributed by atoms with Crippen LogP contribution in [-0.4, -0.2) is 14.7 Å². The van der Waals surface area contributed by atoms with E-state index in [-0.39, 0.29) is 17.3 Å². The van der Waals surface area contributed by atoms with Gasteiger partial charge in [-0.15, -0.1) is 0 Å². The van der Waals surface area contributed by atoms with E-state index in [0.717, 1.165) is 11.1 Å². The van der Waals surface area contributed by atoms with Crippen LogP contribution in [0.4, 0.5) is 0 Å². The predicted molar refractivity (Wildman–Crippen MR) is 69.7 cm³/mol. The van der Waals surface area contributed by atoms with Crippen LogP contribution in [-0.2, 0) is 13.2 Å². The number of aliphatic hydroxyl groups is 1. The topological polar surface area (TPSA) is 55.1 Å². The minimum Gasteiger partial charge on any atom is -0.392 e. The molecular formula is C13H13ClN2O2. The highest BCUT2D eigenvalue weighted by molar-refractivity contribution is 6.29. The van der Waals surface area contributed by atoms with Gasteiger partial charge in [-0.1, -0.05) is 35.9 Å². The number of aliphatic hydroxyl groups excluding tert-OH is 1. The molecule has 4 nitrogen and oxygen atoms in total. The van der Waals surface area contributed by atoms with Crippen LogP contribution in [0.15, 0.2) is 35.1 Å². The molecule has 1 N–H and O–H groups in total. The first kappa shape index (κ1) is 12.8. The zero-order valence-corrected chi connectivity index (χ0v) is 10.7. The Morgan fingerprint density at radius 1 is 1.28 bits per heavy atom. The van der Waals surface area contributed by atoms with Crippen molar-refractivity contribution in [2.24, 2.45) is 0 Å². The quantitative estimate of drug-likeness (QED) is 0.860. The number of aromatic nitrogens is 2. The van der Waals surface area contributed by atoms with Crippen molar-refractivity contribution in [1.29, 1.82) is 0 Å². The van der Waals surface area contributed by atoms with Gasteiger partial charge in [-0.25, -0.2) is 4.98 Å². The molecule has 0 spiro atoms. The second-order valence-electron chi connectivity index (χ2n) is 4.03. The molecule has 18 heavy (non-hydrogen) atoms. The minimum atomic E-state index is -0.168. The van der Waals surface area contributed by atoms with Crippen molar-refractivity contribution in [3.05, 3.63) is 62.8 Å². The molecule has 0 amide bonds. The van der Waals surface area contributed by atoms with Gasteiger partial charge in [0.25, 0.3) is 5.56 Å². The molecule has 2 aromatic rings. The minimum absolute atomic E-state index is 0.0156. The van der Waals surface area contributed by atoms with Crippen LogP contribution in [0.25, 0.3) is 0 Å². The average molecular weight is 265 g/mol. The zero-order valence-electron chi connectivity index (χ0n) is 9.93. The molecule has 5 heteroatoms. The summed E-state index contributed by atoms with van der Waals surface area (Å²) in [5.41, 5.74) is 1.65. The van der Waals surface area contributed by atoms with Crippen LogP contribution < -0.4 is 5.56 Å². The Labute approximate surface area is 109 Å². The van der Waals surface area contributed by atoms with E-state index >= 15 is 0 Å². The summed E-state index contributed by atoms with van der Waals surface area (Å²) in [6.07, 6.45) is 0. The number of benzene rings is 1. The Kier molecular flexibility index (Phi) is 3.79. The molecule has 1 heterocycles. The fraction of sp³-hybridized carbons (Fsp3) is 0.231. The van der Waals surface area contributed by atoms with E-state index in [4.69, 9.17) is 16.7 Å². The van der Waals surface area contributed by atoms with Crippen LogP contribution in [0.5, 0.6) is 0 Å². The van der Waals surface area contributed by atoms with E-state index in [9.17, 15) is 4.79 Å². The van der Waals surface area contributed by atoms with Gasteiger partial charge >= 0.3 is 0 Å². The summed E-state index contributed by atoms with van der Waals surface area (Å²) in [5.74, 6) is 0.582. The lowest BCUT2D eigenvalue weighted by atomic mass is 10.1. The molecule has 0 aliphatic heterocycles. The molecule has 0 saturated heterocycles. The summed E-state index contributed by atoms with van der Waals surface area (Å²) < 4.78 is 1.56. The Balaban J connectivity index is 2.31. The van der Waals surface area contributed by atoms with Gasteiger partial charge in [-0.05, 0) is 18.1 Å². The lowest BCUT2D eigenvalue weighted by molar-refractivity contribution is 0.282. The van der Waals surface area contributed by atoms with Gasteiger partial charge in [-0.3, -0.25) is 9.36 Å². The van der Waals surface area contributed by atoms with Crippen LogP contribution >= 0.6 is 11.6 Å². The number of nitrogens with zero attached hydrogens (tertiary/aromatic N) is 2. The highest BCUT2D eigenvalue weighted by Gasteiger charge is 2.04. The lowest BCUT2D eigenvalue weighted by Gasteiger charge is -2.09. The van der Waals surface area contributed by atoms with E-state index < -0.39 is 0 Å². The molecule has 1 aromatic heterocycles. The first-order valence-electron chi connectivity index (χ1n) is 5.53. The van der Waals surface area contributed by atoms with Gasteiger partial charge in [0.2, 0.25) is 0 Å². The fourth-order valence-electron chi connectivity index (χ4n) is 1.71. The third kappa shape index (κ3) is 2.78. The van der Waals surface area contributed by atoms with Crippen LogP contribution in [0.1, 0.15) is 17.0 Å². The third-order valence-corrected chi connectivity index (χ3v) is 2.91. The van der Waals surface area contributed by atoms with Crippen LogP contribution in [0, 0.1) is 6.92 Å². The second-order valence-corrected chi connectivity index (χ2v) is 4.41. The van der Waals surface area contributed by atoms with Crippen molar-refractivity contribution in [1.82, 2.24) is 9.55 Å². The van der Waals surface area contributed by atoms with E-state index in [1.54, 1.807) is 11.5 Å². The molecule has 0 bridgehead atoms. The van der Waals surface area contributed by atoms with Crippen molar-refractivity contribution >= 4 is 11.6 Å². The van der Waals surface area contributed by atoms with Gasteiger partial charge in [0.05, 0.1) is 13.2 Å². The second kappa shape index (κ2) is 5.33. The maximum Gasteiger partial charge on any atom is 0.255 e. The van der Waals surface area contributed by atoms with E-state index in [1.807, 2.05) is 24.3 Å². The van der Waals surface area contributed by atoms with E-state index in [2.05, 4.69) is 4.98 Å². The number of aryl methyl sites for hydroxylation is 1. The third-order valence-electron chi connectivity index (χ3n) is 2.71. The van der Waals surface area contributed by atoms with Gasteiger partial charge < -0.3 is 5.11 Å². The standard InChI is InChI=1S/C13H13ClN2O2/c1-9-15-12(14)6-13(18)16(9)7-10-2-4-11(8-17)5-3-10/h2-6,17H,7-8H2,1H3. The molecule has 0 aliphatic carbocycles. The number of halogens is 1. The highest BCUT2D eigenvalue weighted by atomic mass is 35.5. The molecule has 0 unspecified atom stereocenters. The number of hydrogen-bond acceptors (Lipinski definition) is 3. The monoisotopic (exact) mass is 264 g/mol. The highest BCUT2D eigenvalue weighted by Crippen LogP contribution is 2.07. The summed E-state index contributed by atoms with van der Waals surface area (Å²) in [4.78, 5) is 15.8. The molecule has 0 aliphatic rings. The van der Waals surface area contributed by atoms with Crippen LogP contribution in [0.2, 0.25) is 5.15 Å². The Hall–Kier alpha value is -1.65. The predicted octanol–water partition coefficient (Wildman–Crippen LogP) is 1.75. The van der Waals surface area contributed by atoms with Gasteiger partial charge in [0.15, 0.2) is 0 Å².